The molecule has 1 N–H and O–H groups in total. The Hall–Kier alpha value is -3.31. The van der Waals surface area contributed by atoms with E-state index in [4.69, 9.17) is 10.5 Å². The molecule has 100 valence electrons. The third kappa shape index (κ3) is 2.41. The lowest BCUT2D eigenvalue weighted by atomic mass is 10.1. The maximum Gasteiger partial charge on any atom is 0.137 e. The second kappa shape index (κ2) is 5.36. The summed E-state index contributed by atoms with van der Waals surface area (Å²) in [4.78, 5) is 4.47. The van der Waals surface area contributed by atoms with Crippen molar-refractivity contribution in [3.05, 3.63) is 65.6 Å². The Morgan fingerprint density at radius 2 is 1.81 bits per heavy atom. The van der Waals surface area contributed by atoms with Gasteiger partial charge in [0.15, 0.2) is 0 Å². The summed E-state index contributed by atoms with van der Waals surface area (Å²) in [6.45, 7) is 0.453. The Morgan fingerprint density at radius 1 is 1.05 bits per heavy atom. The standard InChI is InChI=1S/C16H11N5/c17-8-12-4-3-5-13(9-18)16(12)19-10-14-11-21-7-2-1-6-15(21)20-14/h1-7,11,19H,10H2. The van der Waals surface area contributed by atoms with E-state index in [0.717, 1.165) is 11.3 Å². The number of para-hydroxylation sites is 1. The van der Waals surface area contributed by atoms with Crippen molar-refractivity contribution < 1.29 is 0 Å². The second-order valence-corrected chi connectivity index (χ2v) is 4.50. The molecule has 5 heteroatoms. The van der Waals surface area contributed by atoms with Crippen LogP contribution >= 0.6 is 0 Å². The number of hydrogen-bond acceptors (Lipinski definition) is 4. The van der Waals surface area contributed by atoms with Gasteiger partial charge in [0.25, 0.3) is 0 Å². The Bertz CT molecular complexity index is 814. The van der Waals surface area contributed by atoms with Crippen LogP contribution in [0, 0.1) is 22.7 Å². The van der Waals surface area contributed by atoms with Crippen LogP contribution in [0.3, 0.4) is 0 Å². The van der Waals surface area contributed by atoms with Gasteiger partial charge in [-0.15, -0.1) is 0 Å². The van der Waals surface area contributed by atoms with Gasteiger partial charge in [0.1, 0.15) is 17.8 Å². The minimum absolute atomic E-state index is 0.453. The third-order valence-electron chi connectivity index (χ3n) is 3.17. The highest BCUT2D eigenvalue weighted by atomic mass is 15.0. The van der Waals surface area contributed by atoms with Crippen molar-refractivity contribution in [1.29, 1.82) is 10.5 Å². The molecule has 0 atom stereocenters. The summed E-state index contributed by atoms with van der Waals surface area (Å²) in [7, 11) is 0. The number of benzene rings is 1. The van der Waals surface area contributed by atoms with Crippen molar-refractivity contribution in [3.63, 3.8) is 0 Å². The number of rotatable bonds is 3. The molecule has 3 rings (SSSR count). The molecule has 5 nitrogen and oxygen atoms in total. The fourth-order valence-corrected chi connectivity index (χ4v) is 2.18. The zero-order valence-electron chi connectivity index (χ0n) is 11.1. The summed E-state index contributed by atoms with van der Waals surface area (Å²) >= 11 is 0. The molecule has 3 aromatic rings. The molecular weight excluding hydrogens is 262 g/mol. The van der Waals surface area contributed by atoms with E-state index < -0.39 is 0 Å². The van der Waals surface area contributed by atoms with Gasteiger partial charge in [-0.3, -0.25) is 0 Å². The van der Waals surface area contributed by atoms with Crippen molar-refractivity contribution in [3.8, 4) is 12.1 Å². The maximum absolute atomic E-state index is 9.13. The molecule has 0 saturated carbocycles. The molecule has 0 saturated heterocycles. The van der Waals surface area contributed by atoms with Crippen LogP contribution in [0.25, 0.3) is 5.65 Å². The summed E-state index contributed by atoms with van der Waals surface area (Å²) in [6, 6.07) is 15.1. The van der Waals surface area contributed by atoms with Crippen LogP contribution in [0.4, 0.5) is 5.69 Å². The van der Waals surface area contributed by atoms with E-state index in [1.165, 1.54) is 0 Å². The average molecular weight is 273 g/mol. The average Bonchev–Trinajstić information content (AvgIpc) is 2.95. The lowest BCUT2D eigenvalue weighted by Gasteiger charge is -2.08. The van der Waals surface area contributed by atoms with Gasteiger partial charge in [-0.25, -0.2) is 4.98 Å². The molecule has 0 unspecified atom stereocenters. The summed E-state index contributed by atoms with van der Waals surface area (Å²) in [5.41, 5.74) is 3.18. The van der Waals surface area contributed by atoms with Gasteiger partial charge in [-0.05, 0) is 24.3 Å². The van der Waals surface area contributed by atoms with Gasteiger partial charge in [-0.1, -0.05) is 12.1 Å². The molecule has 0 bridgehead atoms. The fraction of sp³-hybridized carbons (Fsp3) is 0.0625. The lowest BCUT2D eigenvalue weighted by molar-refractivity contribution is 1.07. The first kappa shape index (κ1) is 12.7. The van der Waals surface area contributed by atoms with E-state index in [9.17, 15) is 0 Å². The van der Waals surface area contributed by atoms with Gasteiger partial charge < -0.3 is 9.72 Å². The maximum atomic E-state index is 9.13. The first-order valence-electron chi connectivity index (χ1n) is 6.41. The molecule has 2 aromatic heterocycles. The summed E-state index contributed by atoms with van der Waals surface area (Å²) in [5.74, 6) is 0. The largest absolute Gasteiger partial charge is 0.377 e. The van der Waals surface area contributed by atoms with Crippen molar-refractivity contribution >= 4 is 11.3 Å². The van der Waals surface area contributed by atoms with Crippen LogP contribution in [-0.2, 0) is 6.54 Å². The molecule has 2 heterocycles. The predicted molar refractivity (Wildman–Crippen MR) is 78.4 cm³/mol. The molecule has 0 amide bonds. The van der Waals surface area contributed by atoms with Gasteiger partial charge >= 0.3 is 0 Å². The Morgan fingerprint density at radius 3 is 2.48 bits per heavy atom. The summed E-state index contributed by atoms with van der Waals surface area (Å²) in [5, 5.41) is 21.4. The second-order valence-electron chi connectivity index (χ2n) is 4.50. The minimum Gasteiger partial charge on any atom is -0.377 e. The highest BCUT2D eigenvalue weighted by Crippen LogP contribution is 2.20. The third-order valence-corrected chi connectivity index (χ3v) is 3.17. The van der Waals surface area contributed by atoms with Crippen LogP contribution in [-0.4, -0.2) is 9.38 Å². The van der Waals surface area contributed by atoms with Crippen LogP contribution in [0.15, 0.2) is 48.8 Å². The van der Waals surface area contributed by atoms with Gasteiger partial charge in [-0.2, -0.15) is 10.5 Å². The number of fused-ring (bicyclic) bond motifs is 1. The van der Waals surface area contributed by atoms with Crippen LogP contribution in [0.2, 0.25) is 0 Å². The molecule has 0 aliphatic rings. The number of imidazole rings is 1. The zero-order valence-corrected chi connectivity index (χ0v) is 11.1. The van der Waals surface area contributed by atoms with Crippen molar-refractivity contribution in [2.45, 2.75) is 6.54 Å². The zero-order chi connectivity index (χ0) is 14.7. The molecule has 0 fully saturated rings. The number of nitrogens with zero attached hydrogens (tertiary/aromatic N) is 4. The minimum atomic E-state index is 0.453. The number of pyridine rings is 1. The van der Waals surface area contributed by atoms with E-state index in [-0.39, 0.29) is 0 Å². The first-order valence-corrected chi connectivity index (χ1v) is 6.41. The number of nitriles is 2. The number of nitrogens with one attached hydrogen (secondary N) is 1. The van der Waals surface area contributed by atoms with Gasteiger partial charge in [0.2, 0.25) is 0 Å². The fourth-order valence-electron chi connectivity index (χ4n) is 2.18. The van der Waals surface area contributed by atoms with Crippen molar-refractivity contribution in [2.24, 2.45) is 0 Å². The van der Waals surface area contributed by atoms with Crippen molar-refractivity contribution in [2.75, 3.05) is 5.32 Å². The van der Waals surface area contributed by atoms with Gasteiger partial charge in [0.05, 0.1) is 29.1 Å². The van der Waals surface area contributed by atoms with Crippen LogP contribution < -0.4 is 5.32 Å². The summed E-state index contributed by atoms with van der Waals surface area (Å²) < 4.78 is 1.93. The van der Waals surface area contributed by atoms with Gasteiger partial charge in [0, 0.05) is 12.4 Å². The van der Waals surface area contributed by atoms with Crippen LogP contribution in [0.1, 0.15) is 16.8 Å². The van der Waals surface area contributed by atoms with Crippen LogP contribution in [0.5, 0.6) is 0 Å². The Balaban J connectivity index is 1.88. The molecule has 0 aliphatic carbocycles. The van der Waals surface area contributed by atoms with E-state index >= 15 is 0 Å². The molecule has 1 aromatic carbocycles. The lowest BCUT2D eigenvalue weighted by Crippen LogP contribution is -2.03. The molecule has 0 aliphatic heterocycles. The van der Waals surface area contributed by atoms with Crippen molar-refractivity contribution in [1.82, 2.24) is 9.38 Å². The van der Waals surface area contributed by atoms with E-state index in [1.807, 2.05) is 35.0 Å². The highest BCUT2D eigenvalue weighted by molar-refractivity contribution is 5.66. The topological polar surface area (TPSA) is 76.9 Å². The van der Waals surface area contributed by atoms with E-state index in [2.05, 4.69) is 22.4 Å². The number of aromatic nitrogens is 2. The monoisotopic (exact) mass is 273 g/mol. The smallest absolute Gasteiger partial charge is 0.137 e. The highest BCUT2D eigenvalue weighted by Gasteiger charge is 2.08. The molecule has 21 heavy (non-hydrogen) atoms. The quantitative estimate of drug-likeness (QED) is 0.796. The molecule has 0 radical (unpaired) electrons. The Kier molecular flexibility index (Phi) is 3.24. The Labute approximate surface area is 121 Å². The molecule has 0 spiro atoms. The van der Waals surface area contributed by atoms with E-state index in [1.54, 1.807) is 18.2 Å². The first-order chi connectivity index (χ1) is 10.3. The number of anilines is 1. The normalized spacial score (nSPS) is 10.0. The van der Waals surface area contributed by atoms with E-state index in [0.29, 0.717) is 23.4 Å². The molecular formula is C16H11N5. The number of hydrogen-bond donors (Lipinski definition) is 1. The summed E-state index contributed by atoms with van der Waals surface area (Å²) in [6.07, 6.45) is 3.85. The SMILES string of the molecule is N#Cc1cccc(C#N)c1NCc1cn2ccccc2n1. The predicted octanol–water partition coefficient (Wildman–Crippen LogP) is 2.69.